The molecule has 1 N–H and O–H groups in total. The van der Waals surface area contributed by atoms with Crippen molar-refractivity contribution < 1.29 is 123 Å². The second-order valence-electron chi connectivity index (χ2n) is 0.428. The zero-order valence-corrected chi connectivity index (χ0v) is 13.4. The molecule has 0 heterocycles. The number of hydrogen-bond acceptors (Lipinski definition) is 3. The van der Waals surface area contributed by atoms with Gasteiger partial charge in [-0.25, -0.2) is 8.42 Å². The van der Waals surface area contributed by atoms with Gasteiger partial charge >= 0.3 is 88.7 Å². The maximum atomic E-state index is 8.63. The average Bonchev–Trinajstić information content (AvgIpc) is 0.722. The molecule has 0 aromatic carbocycles. The van der Waals surface area contributed by atoms with Gasteiger partial charge in [0.1, 0.15) is 0 Å². The first-order valence-electron chi connectivity index (χ1n) is 0.683. The van der Waals surface area contributed by atoms with E-state index in [-0.39, 0.29) is 106 Å². The monoisotopic (exact) mass is 220 g/mol. The van der Waals surface area contributed by atoms with Crippen LogP contribution in [-0.4, -0.2) is 17.5 Å². The third-order valence-corrected chi connectivity index (χ3v) is 0. The Hall–Kier alpha value is 3.09. The maximum absolute atomic E-state index is 8.63. The molecule has 0 aliphatic heterocycles. The third kappa shape index (κ3) is 118. The van der Waals surface area contributed by atoms with E-state index in [0.717, 1.165) is 0 Å². The molecule has 0 saturated carbocycles. The summed E-state index contributed by atoms with van der Waals surface area (Å²) >= 11 is 0. The van der Waals surface area contributed by atoms with Gasteiger partial charge in [0.15, 0.2) is 0 Å². The van der Waals surface area contributed by atoms with Crippen LogP contribution < -0.4 is 106 Å². The Morgan fingerprint density at radius 2 is 1.10 bits per heavy atom. The van der Waals surface area contributed by atoms with E-state index in [2.05, 4.69) is 0 Å². The summed E-state index contributed by atoms with van der Waals surface area (Å²) in [6.45, 7) is 0. The molecule has 0 spiro atoms. The minimum atomic E-state index is -4.92. The van der Waals surface area contributed by atoms with Gasteiger partial charge in [0.2, 0.25) is 10.4 Å². The number of halogens is 2. The molecule has 0 rings (SSSR count). The van der Waals surface area contributed by atoms with Crippen molar-refractivity contribution >= 4 is 10.4 Å². The van der Waals surface area contributed by atoms with E-state index < -0.39 is 10.4 Å². The van der Waals surface area contributed by atoms with Crippen molar-refractivity contribution in [1.29, 1.82) is 0 Å². The second-order valence-corrected chi connectivity index (χ2v) is 1.28. The van der Waals surface area contributed by atoms with Crippen molar-refractivity contribution in [1.82, 2.24) is 0 Å². The topological polar surface area (TPSA) is 77.4 Å². The summed E-state index contributed by atoms with van der Waals surface area (Å²) in [6, 6.07) is 0. The van der Waals surface area contributed by atoms with Gasteiger partial charge in [0.05, 0.1) is 0 Å². The molecule has 0 amide bonds. The van der Waals surface area contributed by atoms with Gasteiger partial charge in [-0.05, 0) is 0 Å². The smallest absolute Gasteiger partial charge is 1.00 e. The summed E-state index contributed by atoms with van der Waals surface area (Å²) < 4.78 is 32.8. The van der Waals surface area contributed by atoms with Crippen LogP contribution in [-0.2, 0) is 10.4 Å². The van der Waals surface area contributed by atoms with Gasteiger partial charge in [-0.15, -0.1) is 0 Å². The third-order valence-electron chi connectivity index (χ3n) is 0. The molecule has 0 aliphatic carbocycles. The van der Waals surface area contributed by atoms with Gasteiger partial charge in [-0.2, -0.15) is 0 Å². The quantitative estimate of drug-likeness (QED) is 0.250. The van der Waals surface area contributed by atoms with Crippen molar-refractivity contribution in [2.45, 2.75) is 0 Å². The molecule has 4 nitrogen and oxygen atoms in total. The Bertz CT molecular complexity index is 104. The Kier molecular flexibility index (Phi) is 68.5. The van der Waals surface area contributed by atoms with Crippen molar-refractivity contribution in [2.75, 3.05) is 0 Å². The van der Waals surface area contributed by atoms with Gasteiger partial charge in [0, 0.05) is 0 Å². The van der Waals surface area contributed by atoms with E-state index in [1.807, 2.05) is 0 Å². The summed E-state index contributed by atoms with van der Waals surface area (Å²) in [6.07, 6.45) is 0. The summed E-state index contributed by atoms with van der Waals surface area (Å²) in [4.78, 5) is 0. The van der Waals surface area contributed by atoms with E-state index in [9.17, 15) is 0 Å². The first-order valence-corrected chi connectivity index (χ1v) is 2.05. The van der Waals surface area contributed by atoms with E-state index in [4.69, 9.17) is 17.5 Å². The molecule has 48 valence electrons. The molecule has 0 bridgehead atoms. The molecular weight excluding hydrogens is 219 g/mol. The minimum absolute atomic E-state index is 0. The van der Waals surface area contributed by atoms with Crippen LogP contribution in [0.25, 0.3) is 0 Å². The van der Waals surface area contributed by atoms with Gasteiger partial charge in [0.25, 0.3) is 0 Å². The Balaban J connectivity index is -0.00000000800. The fourth-order valence-corrected chi connectivity index (χ4v) is 0. The Labute approximate surface area is 131 Å². The van der Waals surface area contributed by atoms with Crippen molar-refractivity contribution in [3.8, 4) is 0 Å². The summed E-state index contributed by atoms with van der Waals surface area (Å²) in [7, 11) is -4.92. The van der Waals surface area contributed by atoms with Crippen molar-refractivity contribution in [3.63, 3.8) is 0 Å². The van der Waals surface area contributed by atoms with Crippen LogP contribution in [0, 0.1) is 0 Å². The van der Waals surface area contributed by atoms with Crippen LogP contribution in [0.2, 0.25) is 0 Å². The normalized spacial score (nSPS) is 5.80. The maximum Gasteiger partial charge on any atom is 1.00 e. The van der Waals surface area contributed by atoms with Crippen LogP contribution in [0.3, 0.4) is 0 Å². The summed E-state index contributed by atoms with van der Waals surface area (Å²) in [5.74, 6) is 0. The fraction of sp³-hybridized carbons (Fsp3) is 0. The molecule has 0 unspecified atom stereocenters. The van der Waals surface area contributed by atoms with Crippen LogP contribution in [0.15, 0.2) is 0 Å². The van der Waals surface area contributed by atoms with Gasteiger partial charge in [-0.1, -0.05) is 0 Å². The molecule has 0 atom stereocenters. The van der Waals surface area contributed by atoms with E-state index in [0.29, 0.717) is 0 Å². The first-order chi connectivity index (χ1) is 2.00. The molecule has 0 aromatic rings. The molecule has 0 fully saturated rings. The van der Waals surface area contributed by atoms with Crippen LogP contribution in [0.5, 0.6) is 0 Å². The number of rotatable bonds is 0. The SMILES string of the molecule is O=S(=O)([O-])O.[Cl-].[F-].[Na+].[Na+].[Na+]. The van der Waals surface area contributed by atoms with E-state index in [1.165, 1.54) is 0 Å². The zero-order valence-electron chi connectivity index (χ0n) is 5.84. The molecule has 0 saturated heterocycles. The van der Waals surface area contributed by atoms with Gasteiger partial charge < -0.3 is 21.7 Å². The van der Waals surface area contributed by atoms with E-state index in [1.54, 1.807) is 0 Å². The fourth-order valence-electron chi connectivity index (χ4n) is 0. The van der Waals surface area contributed by atoms with E-state index >= 15 is 0 Å². The first kappa shape index (κ1) is 38.1. The number of hydrogen-bond donors (Lipinski definition) is 1. The van der Waals surface area contributed by atoms with Gasteiger partial charge in [-0.3, -0.25) is 4.55 Å². The summed E-state index contributed by atoms with van der Waals surface area (Å²) in [5, 5.41) is 0. The molecule has 10 heavy (non-hydrogen) atoms. The largest absolute Gasteiger partial charge is 1.00 e. The Morgan fingerprint density at radius 1 is 1.10 bits per heavy atom. The van der Waals surface area contributed by atoms with Crippen molar-refractivity contribution in [2.24, 2.45) is 0 Å². The molecule has 0 aliphatic rings. The standard InChI is InChI=1S/ClH.FH.3Na.H2O4S/c;;;;;1-5(2,3)4/h2*1H;;;;(H2,1,2,3,4)/q;;3*+1;/p-3. The summed E-state index contributed by atoms with van der Waals surface area (Å²) in [5.41, 5.74) is 0. The predicted molar refractivity (Wildman–Crippen MR) is 12.3 cm³/mol. The molecule has 0 radical (unpaired) electrons. The zero-order chi connectivity index (χ0) is 4.50. The Morgan fingerprint density at radius 3 is 1.10 bits per heavy atom. The predicted octanol–water partition coefficient (Wildman–Crippen LogP) is -16.0. The van der Waals surface area contributed by atoms with Crippen LogP contribution in [0.1, 0.15) is 0 Å². The van der Waals surface area contributed by atoms with Crippen LogP contribution in [0.4, 0.5) is 0 Å². The van der Waals surface area contributed by atoms with Crippen LogP contribution >= 0.6 is 0 Å². The minimum Gasteiger partial charge on any atom is -1.00 e. The molecule has 0 aromatic heterocycles. The average molecular weight is 220 g/mol. The second kappa shape index (κ2) is 18.0. The molecule has 10 heteroatoms. The van der Waals surface area contributed by atoms with Crippen molar-refractivity contribution in [3.05, 3.63) is 0 Å². The molecular formula is HClFNa3O4S.